The van der Waals surface area contributed by atoms with E-state index in [4.69, 9.17) is 0 Å². The van der Waals surface area contributed by atoms with E-state index in [2.05, 4.69) is 51.3 Å². The summed E-state index contributed by atoms with van der Waals surface area (Å²) < 4.78 is 0. The molecule has 0 amide bonds. The SMILES string of the molecule is CC(C)(C)N1CCC2CN(C(C)(C)C)CC2C1. The summed E-state index contributed by atoms with van der Waals surface area (Å²) in [6, 6.07) is 0. The lowest BCUT2D eigenvalue weighted by Crippen LogP contribution is -2.49. The van der Waals surface area contributed by atoms with Crippen LogP contribution in [0.4, 0.5) is 0 Å². The Balaban J connectivity index is 1.99. The molecule has 2 atom stereocenters. The van der Waals surface area contributed by atoms with Gasteiger partial charge in [0.15, 0.2) is 0 Å². The van der Waals surface area contributed by atoms with Gasteiger partial charge in [0.25, 0.3) is 0 Å². The third kappa shape index (κ3) is 2.85. The van der Waals surface area contributed by atoms with Gasteiger partial charge in [-0.25, -0.2) is 0 Å². The number of hydrogen-bond acceptors (Lipinski definition) is 2. The van der Waals surface area contributed by atoms with Crippen molar-refractivity contribution in [3.05, 3.63) is 0 Å². The minimum absolute atomic E-state index is 0.347. The Morgan fingerprint density at radius 3 is 1.71 bits per heavy atom. The van der Waals surface area contributed by atoms with Gasteiger partial charge in [-0.1, -0.05) is 0 Å². The second-order valence-corrected chi connectivity index (χ2v) is 8.00. The molecule has 0 bridgehead atoms. The molecule has 2 fully saturated rings. The second kappa shape index (κ2) is 4.24. The molecule has 17 heavy (non-hydrogen) atoms. The zero-order chi connectivity index (χ0) is 12.8. The molecule has 0 N–H and O–H groups in total. The fraction of sp³-hybridized carbons (Fsp3) is 1.00. The lowest BCUT2D eigenvalue weighted by Gasteiger charge is -2.42. The average molecular weight is 238 g/mol. The van der Waals surface area contributed by atoms with Gasteiger partial charge in [-0.3, -0.25) is 9.80 Å². The number of nitrogens with zero attached hydrogens (tertiary/aromatic N) is 2. The lowest BCUT2D eigenvalue weighted by molar-refractivity contribution is 0.0639. The van der Waals surface area contributed by atoms with Crippen LogP contribution in [0.3, 0.4) is 0 Å². The number of likely N-dealkylation sites (tertiary alicyclic amines) is 2. The first-order valence-electron chi connectivity index (χ1n) is 7.18. The summed E-state index contributed by atoms with van der Waals surface area (Å²) in [5.41, 5.74) is 0.698. The van der Waals surface area contributed by atoms with Crippen LogP contribution < -0.4 is 0 Å². The van der Waals surface area contributed by atoms with Gasteiger partial charge in [-0.05, 0) is 66.3 Å². The van der Waals surface area contributed by atoms with E-state index in [1.54, 1.807) is 0 Å². The Morgan fingerprint density at radius 2 is 1.18 bits per heavy atom. The van der Waals surface area contributed by atoms with Crippen LogP contribution in [0.15, 0.2) is 0 Å². The highest BCUT2D eigenvalue weighted by Crippen LogP contribution is 2.36. The topological polar surface area (TPSA) is 6.48 Å². The maximum atomic E-state index is 2.69. The van der Waals surface area contributed by atoms with Crippen LogP contribution >= 0.6 is 0 Å². The van der Waals surface area contributed by atoms with Crippen molar-refractivity contribution >= 4 is 0 Å². The van der Waals surface area contributed by atoms with E-state index < -0.39 is 0 Å². The van der Waals surface area contributed by atoms with Crippen LogP contribution in [0.25, 0.3) is 0 Å². The first kappa shape index (κ1) is 13.4. The molecule has 0 aromatic heterocycles. The molecule has 2 saturated heterocycles. The Hall–Kier alpha value is -0.0800. The Kier molecular flexibility index (Phi) is 3.33. The number of hydrogen-bond donors (Lipinski definition) is 0. The number of fused-ring (bicyclic) bond motifs is 1. The Morgan fingerprint density at radius 1 is 0.706 bits per heavy atom. The molecular weight excluding hydrogens is 208 g/mol. The predicted molar refractivity (Wildman–Crippen MR) is 74.2 cm³/mol. The standard InChI is InChI=1S/C15H30N2/c1-14(2,3)16-8-7-12-9-17(15(4,5)6)11-13(12)10-16/h12-13H,7-11H2,1-6H3. The summed E-state index contributed by atoms with van der Waals surface area (Å²) in [5.74, 6) is 1.86. The van der Waals surface area contributed by atoms with E-state index in [1.165, 1.54) is 32.6 Å². The van der Waals surface area contributed by atoms with E-state index in [0.29, 0.717) is 11.1 Å². The number of rotatable bonds is 0. The first-order valence-corrected chi connectivity index (χ1v) is 7.18. The predicted octanol–water partition coefficient (Wildman–Crippen LogP) is 2.84. The van der Waals surface area contributed by atoms with Crippen LogP contribution in [0.5, 0.6) is 0 Å². The quantitative estimate of drug-likeness (QED) is 0.640. The molecule has 0 aromatic rings. The summed E-state index contributed by atoms with van der Waals surface area (Å²) in [4.78, 5) is 5.37. The fourth-order valence-electron chi connectivity index (χ4n) is 3.33. The zero-order valence-corrected chi connectivity index (χ0v) is 12.6. The molecule has 2 aliphatic rings. The van der Waals surface area contributed by atoms with Crippen LogP contribution in [-0.2, 0) is 0 Å². The van der Waals surface area contributed by atoms with Gasteiger partial charge < -0.3 is 0 Å². The van der Waals surface area contributed by atoms with Crippen molar-refractivity contribution in [2.45, 2.75) is 59.0 Å². The maximum absolute atomic E-state index is 2.69. The largest absolute Gasteiger partial charge is 0.298 e. The van der Waals surface area contributed by atoms with Gasteiger partial charge >= 0.3 is 0 Å². The monoisotopic (exact) mass is 238 g/mol. The van der Waals surface area contributed by atoms with E-state index in [-0.39, 0.29) is 0 Å². The third-order valence-corrected chi connectivity index (χ3v) is 4.70. The molecule has 0 aromatic carbocycles. The minimum atomic E-state index is 0.347. The lowest BCUT2D eigenvalue weighted by atomic mass is 9.86. The van der Waals surface area contributed by atoms with Crippen LogP contribution in [0.2, 0.25) is 0 Å². The molecule has 2 unspecified atom stereocenters. The van der Waals surface area contributed by atoms with E-state index in [9.17, 15) is 0 Å². The highest BCUT2D eigenvalue weighted by Gasteiger charge is 2.42. The maximum Gasteiger partial charge on any atom is 0.0125 e. The normalized spacial score (nSPS) is 32.8. The van der Waals surface area contributed by atoms with Crippen molar-refractivity contribution in [2.24, 2.45) is 11.8 Å². The summed E-state index contributed by atoms with van der Waals surface area (Å²) in [7, 11) is 0. The minimum Gasteiger partial charge on any atom is -0.298 e. The Bertz CT molecular complexity index is 260. The molecule has 2 heteroatoms. The van der Waals surface area contributed by atoms with E-state index >= 15 is 0 Å². The molecule has 2 nitrogen and oxygen atoms in total. The summed E-state index contributed by atoms with van der Waals surface area (Å²) in [6.45, 7) is 19.3. The molecule has 0 saturated carbocycles. The van der Waals surface area contributed by atoms with Gasteiger partial charge in [-0.2, -0.15) is 0 Å². The summed E-state index contributed by atoms with van der Waals surface area (Å²) in [5, 5.41) is 0. The summed E-state index contributed by atoms with van der Waals surface area (Å²) in [6.07, 6.45) is 1.40. The zero-order valence-electron chi connectivity index (χ0n) is 12.6. The molecule has 0 aliphatic carbocycles. The van der Waals surface area contributed by atoms with Gasteiger partial charge in [0.2, 0.25) is 0 Å². The smallest absolute Gasteiger partial charge is 0.0125 e. The fourth-order valence-corrected chi connectivity index (χ4v) is 3.33. The van der Waals surface area contributed by atoms with Crippen LogP contribution in [-0.4, -0.2) is 47.1 Å². The van der Waals surface area contributed by atoms with E-state index in [1.807, 2.05) is 0 Å². The van der Waals surface area contributed by atoms with Crippen molar-refractivity contribution in [3.63, 3.8) is 0 Å². The molecule has 2 rings (SSSR count). The van der Waals surface area contributed by atoms with Crippen molar-refractivity contribution in [1.29, 1.82) is 0 Å². The molecule has 2 aliphatic heterocycles. The van der Waals surface area contributed by atoms with Gasteiger partial charge in [0.1, 0.15) is 0 Å². The second-order valence-electron chi connectivity index (χ2n) is 8.00. The number of piperidine rings is 1. The van der Waals surface area contributed by atoms with Gasteiger partial charge in [0.05, 0.1) is 0 Å². The molecule has 100 valence electrons. The molecular formula is C15H30N2. The molecule has 0 spiro atoms. The first-order chi connectivity index (χ1) is 7.68. The van der Waals surface area contributed by atoms with Crippen LogP contribution in [0, 0.1) is 11.8 Å². The third-order valence-electron chi connectivity index (χ3n) is 4.70. The van der Waals surface area contributed by atoms with Crippen molar-refractivity contribution in [3.8, 4) is 0 Å². The highest BCUT2D eigenvalue weighted by molar-refractivity contribution is 4.96. The van der Waals surface area contributed by atoms with Gasteiger partial charge in [0, 0.05) is 30.7 Å². The average Bonchev–Trinajstić information content (AvgIpc) is 2.57. The van der Waals surface area contributed by atoms with E-state index in [0.717, 1.165) is 11.8 Å². The molecule has 2 heterocycles. The van der Waals surface area contributed by atoms with Crippen molar-refractivity contribution in [1.82, 2.24) is 9.80 Å². The van der Waals surface area contributed by atoms with Gasteiger partial charge in [-0.15, -0.1) is 0 Å². The van der Waals surface area contributed by atoms with Crippen molar-refractivity contribution in [2.75, 3.05) is 26.2 Å². The Labute approximate surface area is 107 Å². The molecule has 0 radical (unpaired) electrons. The summed E-state index contributed by atoms with van der Waals surface area (Å²) >= 11 is 0. The van der Waals surface area contributed by atoms with Crippen LogP contribution in [0.1, 0.15) is 48.0 Å². The van der Waals surface area contributed by atoms with Crippen molar-refractivity contribution < 1.29 is 0 Å². The highest BCUT2D eigenvalue weighted by atomic mass is 15.3.